The van der Waals surface area contributed by atoms with Crippen molar-refractivity contribution < 1.29 is 9.34 Å². The van der Waals surface area contributed by atoms with Crippen molar-refractivity contribution in [2.45, 2.75) is 27.7 Å². The zero-order chi connectivity index (χ0) is 14.9. The molecule has 0 fully saturated rings. The molecule has 1 aromatic heterocycles. The van der Waals surface area contributed by atoms with Gasteiger partial charge in [0.2, 0.25) is 0 Å². The van der Waals surface area contributed by atoms with E-state index in [9.17, 15) is 10.1 Å². The number of nitrogens with zero attached hydrogens (tertiary/aromatic N) is 2. The highest BCUT2D eigenvalue weighted by molar-refractivity contribution is 5.83. The van der Waals surface area contributed by atoms with Gasteiger partial charge in [0.25, 0.3) is 11.7 Å². The highest BCUT2D eigenvalue weighted by Crippen LogP contribution is 2.29. The third-order valence-electron chi connectivity index (χ3n) is 3.85. The Morgan fingerprint density at radius 1 is 1.45 bits per heavy atom. The monoisotopic (exact) mass is 277 g/mol. The van der Waals surface area contributed by atoms with Crippen LogP contribution in [-0.4, -0.2) is 16.5 Å². The van der Waals surface area contributed by atoms with E-state index in [0.717, 1.165) is 0 Å². The van der Waals surface area contributed by atoms with Crippen LogP contribution in [0.15, 0.2) is 22.6 Å². The maximum Gasteiger partial charge on any atom is 0.298 e. The first-order valence-electron chi connectivity index (χ1n) is 6.59. The summed E-state index contributed by atoms with van der Waals surface area (Å²) in [7, 11) is 0. The largest absolute Gasteiger partial charge is 0.423 e. The van der Waals surface area contributed by atoms with E-state index in [1.165, 1.54) is 6.07 Å². The van der Waals surface area contributed by atoms with Gasteiger partial charge < -0.3 is 9.73 Å². The summed E-state index contributed by atoms with van der Waals surface area (Å²) in [6, 6.07) is 5.01. The molecule has 0 saturated carbocycles. The van der Waals surface area contributed by atoms with Crippen LogP contribution in [0.1, 0.15) is 27.7 Å². The third kappa shape index (κ3) is 2.74. The summed E-state index contributed by atoms with van der Waals surface area (Å²) in [6.07, 6.45) is 0. The summed E-state index contributed by atoms with van der Waals surface area (Å²) >= 11 is 0. The lowest BCUT2D eigenvalue weighted by molar-refractivity contribution is -0.383. The zero-order valence-electron chi connectivity index (χ0n) is 12.1. The Balaban J connectivity index is 2.25. The van der Waals surface area contributed by atoms with E-state index in [4.69, 9.17) is 4.42 Å². The minimum atomic E-state index is -0.452. The molecule has 0 radical (unpaired) electrons. The normalized spacial score (nSPS) is 12.1. The number of non-ortho nitro benzene ring substituents is 1. The molecule has 20 heavy (non-hydrogen) atoms. The standard InChI is InChI=1S/C14H19N3O3/c1-9(2)14(3,4)8-15-13-16-12-10(17(18)19)6-5-7-11(12)20-13/h5-7,9H,8H2,1-4H3,(H,15,16). The van der Waals surface area contributed by atoms with Gasteiger partial charge in [-0.25, -0.2) is 0 Å². The Labute approximate surface area is 117 Å². The van der Waals surface area contributed by atoms with Gasteiger partial charge in [-0.1, -0.05) is 33.8 Å². The number of benzene rings is 1. The second-order valence-corrected chi connectivity index (χ2v) is 5.90. The topological polar surface area (TPSA) is 81.2 Å². The van der Waals surface area contributed by atoms with Crippen molar-refractivity contribution in [2.24, 2.45) is 11.3 Å². The number of para-hydroxylation sites is 1. The van der Waals surface area contributed by atoms with E-state index in [-0.39, 0.29) is 16.6 Å². The Kier molecular flexibility index (Phi) is 3.65. The van der Waals surface area contributed by atoms with Crippen LogP contribution in [0.5, 0.6) is 0 Å². The van der Waals surface area contributed by atoms with Gasteiger partial charge in [-0.05, 0) is 17.4 Å². The number of anilines is 1. The highest BCUT2D eigenvalue weighted by Gasteiger charge is 2.23. The summed E-state index contributed by atoms with van der Waals surface area (Å²) in [6.45, 7) is 9.29. The number of aromatic nitrogens is 1. The van der Waals surface area contributed by atoms with Crippen LogP contribution in [-0.2, 0) is 0 Å². The lowest BCUT2D eigenvalue weighted by Gasteiger charge is -2.28. The van der Waals surface area contributed by atoms with Gasteiger partial charge in [0, 0.05) is 12.6 Å². The molecule has 0 aliphatic rings. The molecule has 0 saturated heterocycles. The maximum absolute atomic E-state index is 10.9. The lowest BCUT2D eigenvalue weighted by Crippen LogP contribution is -2.28. The molecule has 2 rings (SSSR count). The molecule has 6 heteroatoms. The molecule has 0 atom stereocenters. The van der Waals surface area contributed by atoms with E-state index < -0.39 is 4.92 Å². The summed E-state index contributed by atoms with van der Waals surface area (Å²) in [5, 5.41) is 14.1. The number of hydrogen-bond donors (Lipinski definition) is 1. The van der Waals surface area contributed by atoms with Gasteiger partial charge in [-0.3, -0.25) is 10.1 Å². The van der Waals surface area contributed by atoms with Crippen LogP contribution in [0, 0.1) is 21.4 Å². The first-order chi connectivity index (χ1) is 9.31. The first kappa shape index (κ1) is 14.3. The zero-order valence-corrected chi connectivity index (χ0v) is 12.1. The Morgan fingerprint density at radius 3 is 2.75 bits per heavy atom. The first-order valence-corrected chi connectivity index (χ1v) is 6.59. The SMILES string of the molecule is CC(C)C(C)(C)CNc1nc2c([N+](=O)[O-])cccc2o1. The Morgan fingerprint density at radius 2 is 2.15 bits per heavy atom. The average molecular weight is 277 g/mol. The van der Waals surface area contributed by atoms with E-state index in [2.05, 4.69) is 38.0 Å². The number of nitro benzene ring substituents is 1. The van der Waals surface area contributed by atoms with Gasteiger partial charge in [-0.2, -0.15) is 4.98 Å². The fourth-order valence-electron chi connectivity index (χ4n) is 1.66. The molecule has 1 N–H and O–H groups in total. The Bertz CT molecular complexity index is 632. The van der Waals surface area contributed by atoms with Gasteiger partial charge in [0.05, 0.1) is 4.92 Å². The van der Waals surface area contributed by atoms with Crippen molar-refractivity contribution in [1.29, 1.82) is 0 Å². The average Bonchev–Trinajstić information content (AvgIpc) is 2.78. The number of fused-ring (bicyclic) bond motifs is 1. The molecule has 1 heterocycles. The minimum Gasteiger partial charge on any atom is -0.423 e. The van der Waals surface area contributed by atoms with Crippen molar-refractivity contribution in [3.63, 3.8) is 0 Å². The van der Waals surface area contributed by atoms with Crippen molar-refractivity contribution in [3.05, 3.63) is 28.3 Å². The minimum absolute atomic E-state index is 0.0394. The fourth-order valence-corrected chi connectivity index (χ4v) is 1.66. The highest BCUT2D eigenvalue weighted by atomic mass is 16.6. The molecule has 0 aliphatic heterocycles. The lowest BCUT2D eigenvalue weighted by atomic mass is 9.81. The predicted molar refractivity (Wildman–Crippen MR) is 77.8 cm³/mol. The molecule has 1 aromatic carbocycles. The number of nitrogens with one attached hydrogen (secondary N) is 1. The summed E-state index contributed by atoms with van der Waals surface area (Å²) in [5.74, 6) is 0.494. The van der Waals surface area contributed by atoms with Crippen LogP contribution in [0.2, 0.25) is 0 Å². The number of oxazole rings is 1. The maximum atomic E-state index is 10.9. The molecular formula is C14H19N3O3. The van der Waals surface area contributed by atoms with E-state index in [1.807, 2.05) is 0 Å². The number of nitro groups is 1. The molecule has 0 unspecified atom stereocenters. The van der Waals surface area contributed by atoms with Crippen molar-refractivity contribution in [3.8, 4) is 0 Å². The van der Waals surface area contributed by atoms with Crippen molar-refractivity contribution in [1.82, 2.24) is 4.98 Å². The molecule has 0 spiro atoms. The van der Waals surface area contributed by atoms with Gasteiger partial charge >= 0.3 is 0 Å². The van der Waals surface area contributed by atoms with Crippen molar-refractivity contribution >= 4 is 22.8 Å². The Hall–Kier alpha value is -2.11. The van der Waals surface area contributed by atoms with Crippen LogP contribution in [0.25, 0.3) is 11.1 Å². The van der Waals surface area contributed by atoms with Crippen LogP contribution in [0.3, 0.4) is 0 Å². The van der Waals surface area contributed by atoms with E-state index >= 15 is 0 Å². The van der Waals surface area contributed by atoms with Crippen LogP contribution in [0.4, 0.5) is 11.7 Å². The van der Waals surface area contributed by atoms with Gasteiger partial charge in [0.1, 0.15) is 0 Å². The smallest absolute Gasteiger partial charge is 0.298 e. The van der Waals surface area contributed by atoms with E-state index in [0.29, 0.717) is 24.1 Å². The predicted octanol–water partition coefficient (Wildman–Crippen LogP) is 3.83. The molecular weight excluding hydrogens is 258 g/mol. The molecule has 108 valence electrons. The molecule has 0 bridgehead atoms. The molecule has 6 nitrogen and oxygen atoms in total. The van der Waals surface area contributed by atoms with Gasteiger partial charge in [0.15, 0.2) is 11.1 Å². The second kappa shape index (κ2) is 5.11. The van der Waals surface area contributed by atoms with Crippen molar-refractivity contribution in [2.75, 3.05) is 11.9 Å². The van der Waals surface area contributed by atoms with Gasteiger partial charge in [-0.15, -0.1) is 0 Å². The number of hydrogen-bond acceptors (Lipinski definition) is 5. The van der Waals surface area contributed by atoms with Crippen LogP contribution >= 0.6 is 0 Å². The molecule has 2 aromatic rings. The molecule has 0 aliphatic carbocycles. The quantitative estimate of drug-likeness (QED) is 0.663. The second-order valence-electron chi connectivity index (χ2n) is 5.90. The summed E-state index contributed by atoms with van der Waals surface area (Å²) in [5.41, 5.74) is 0.737. The van der Waals surface area contributed by atoms with E-state index in [1.54, 1.807) is 12.1 Å². The fraction of sp³-hybridized carbons (Fsp3) is 0.500. The third-order valence-corrected chi connectivity index (χ3v) is 3.85. The summed E-state index contributed by atoms with van der Waals surface area (Å²) in [4.78, 5) is 14.7. The number of rotatable bonds is 5. The van der Waals surface area contributed by atoms with Crippen LogP contribution < -0.4 is 5.32 Å². The summed E-state index contributed by atoms with van der Waals surface area (Å²) < 4.78 is 5.51. The molecule has 0 amide bonds.